The number of para-hydroxylation sites is 1. The van der Waals surface area contributed by atoms with Crippen molar-refractivity contribution < 1.29 is 0 Å². The lowest BCUT2D eigenvalue weighted by atomic mass is 10.2. The first-order chi connectivity index (χ1) is 6.93. The molecule has 0 amide bonds. The van der Waals surface area contributed by atoms with Gasteiger partial charge < -0.3 is 0 Å². The van der Waals surface area contributed by atoms with Crippen LogP contribution in [0.25, 0.3) is 21.9 Å². The topological polar surface area (TPSA) is 25.8 Å². The molecule has 1 aromatic carbocycles. The van der Waals surface area contributed by atoms with E-state index >= 15 is 0 Å². The van der Waals surface area contributed by atoms with Crippen LogP contribution in [0.15, 0.2) is 48.7 Å². The van der Waals surface area contributed by atoms with Gasteiger partial charge in [0.1, 0.15) is 0 Å². The van der Waals surface area contributed by atoms with E-state index in [1.165, 1.54) is 0 Å². The van der Waals surface area contributed by atoms with Crippen LogP contribution in [0.2, 0.25) is 0 Å². The van der Waals surface area contributed by atoms with E-state index in [0.29, 0.717) is 0 Å². The van der Waals surface area contributed by atoms with Gasteiger partial charge in [-0.2, -0.15) is 0 Å². The van der Waals surface area contributed by atoms with Crippen molar-refractivity contribution in [1.82, 2.24) is 9.97 Å². The summed E-state index contributed by atoms with van der Waals surface area (Å²) in [5.74, 6) is 0. The van der Waals surface area contributed by atoms with Gasteiger partial charge in [0.05, 0.1) is 5.52 Å². The smallest absolute Gasteiger partial charge is 0.159 e. The lowest BCUT2D eigenvalue weighted by molar-refractivity contribution is 1.33. The van der Waals surface area contributed by atoms with Gasteiger partial charge in [0.15, 0.2) is 5.65 Å². The van der Waals surface area contributed by atoms with Crippen LogP contribution in [0.5, 0.6) is 0 Å². The number of hydrogen-bond donors (Lipinski definition) is 0. The fourth-order valence-corrected chi connectivity index (χ4v) is 1.61. The van der Waals surface area contributed by atoms with Crippen LogP contribution in [-0.4, -0.2) is 9.97 Å². The number of benzene rings is 1. The average Bonchev–Trinajstić information content (AvgIpc) is 2.26. The van der Waals surface area contributed by atoms with Gasteiger partial charge in [0.25, 0.3) is 0 Å². The summed E-state index contributed by atoms with van der Waals surface area (Å²) in [4.78, 5) is 8.69. The Morgan fingerprint density at radius 3 is 2.71 bits per heavy atom. The predicted octanol–water partition coefficient (Wildman–Crippen LogP) is 2.78. The highest BCUT2D eigenvalue weighted by atomic mass is 14.8. The minimum atomic E-state index is 0.811. The standard InChI is InChI=1S/C12H8N2/c1-2-6-11-9(4-1)8-10-5-3-7-13-12(10)14-11/h1-8H. The SMILES string of the molecule is c1ccc2nc3ncccc3cc2c1. The summed E-state index contributed by atoms with van der Waals surface area (Å²) in [6, 6.07) is 14.2. The Morgan fingerprint density at radius 2 is 1.71 bits per heavy atom. The van der Waals surface area contributed by atoms with E-state index in [1.54, 1.807) is 6.20 Å². The van der Waals surface area contributed by atoms with E-state index in [2.05, 4.69) is 22.1 Å². The minimum absolute atomic E-state index is 0.811. The third-order valence-corrected chi connectivity index (χ3v) is 2.29. The molecular formula is C12H8N2. The monoisotopic (exact) mass is 180 g/mol. The Morgan fingerprint density at radius 1 is 0.857 bits per heavy atom. The number of nitrogens with zero attached hydrogens (tertiary/aromatic N) is 2. The lowest BCUT2D eigenvalue weighted by Gasteiger charge is -1.99. The van der Waals surface area contributed by atoms with Crippen molar-refractivity contribution in [2.75, 3.05) is 0 Å². The molecule has 3 rings (SSSR count). The van der Waals surface area contributed by atoms with Gasteiger partial charge in [-0.1, -0.05) is 18.2 Å². The normalized spacial score (nSPS) is 10.9. The molecule has 0 aliphatic heterocycles. The Balaban J connectivity index is 2.52. The summed E-state index contributed by atoms with van der Waals surface area (Å²) in [5, 5.41) is 2.25. The second kappa shape index (κ2) is 2.77. The van der Waals surface area contributed by atoms with E-state index in [-0.39, 0.29) is 0 Å². The van der Waals surface area contributed by atoms with E-state index in [0.717, 1.165) is 21.9 Å². The summed E-state index contributed by atoms with van der Waals surface area (Å²) in [5.41, 5.74) is 1.81. The van der Waals surface area contributed by atoms with Crippen LogP contribution >= 0.6 is 0 Å². The van der Waals surface area contributed by atoms with Gasteiger partial charge in [-0.25, -0.2) is 9.97 Å². The molecule has 0 saturated heterocycles. The van der Waals surface area contributed by atoms with Crippen molar-refractivity contribution in [3.63, 3.8) is 0 Å². The van der Waals surface area contributed by atoms with Crippen molar-refractivity contribution in [2.45, 2.75) is 0 Å². The van der Waals surface area contributed by atoms with Crippen LogP contribution in [0.4, 0.5) is 0 Å². The molecule has 2 nitrogen and oxygen atoms in total. The first-order valence-corrected chi connectivity index (χ1v) is 4.54. The Kier molecular flexibility index (Phi) is 1.47. The summed E-state index contributed by atoms with van der Waals surface area (Å²) in [6.45, 7) is 0. The molecule has 14 heavy (non-hydrogen) atoms. The van der Waals surface area contributed by atoms with Crippen LogP contribution in [0.3, 0.4) is 0 Å². The molecule has 2 heteroatoms. The third kappa shape index (κ3) is 1.04. The molecule has 0 bridgehead atoms. The van der Waals surface area contributed by atoms with Crippen molar-refractivity contribution >= 4 is 21.9 Å². The molecule has 3 aromatic rings. The minimum Gasteiger partial charge on any atom is -0.237 e. The first kappa shape index (κ1) is 7.44. The third-order valence-electron chi connectivity index (χ3n) is 2.29. The number of fused-ring (bicyclic) bond motifs is 2. The maximum absolute atomic E-state index is 4.47. The molecule has 0 unspecified atom stereocenters. The molecule has 0 aliphatic rings. The highest BCUT2D eigenvalue weighted by Crippen LogP contribution is 2.16. The maximum Gasteiger partial charge on any atom is 0.159 e. The molecule has 0 spiro atoms. The van der Waals surface area contributed by atoms with Crippen LogP contribution < -0.4 is 0 Å². The number of rotatable bonds is 0. The van der Waals surface area contributed by atoms with Crippen molar-refractivity contribution in [1.29, 1.82) is 0 Å². The zero-order valence-corrected chi connectivity index (χ0v) is 7.51. The first-order valence-electron chi connectivity index (χ1n) is 4.54. The Bertz CT molecular complexity index is 497. The summed E-state index contributed by atoms with van der Waals surface area (Å²) < 4.78 is 0. The van der Waals surface area contributed by atoms with Gasteiger partial charge in [0.2, 0.25) is 0 Å². The molecule has 0 aliphatic carbocycles. The fourth-order valence-electron chi connectivity index (χ4n) is 1.61. The quantitative estimate of drug-likeness (QED) is 0.497. The highest BCUT2D eigenvalue weighted by Gasteiger charge is 1.97. The molecule has 0 N–H and O–H groups in total. The summed E-state index contributed by atoms with van der Waals surface area (Å²) >= 11 is 0. The predicted molar refractivity (Wildman–Crippen MR) is 57.0 cm³/mol. The highest BCUT2D eigenvalue weighted by molar-refractivity contribution is 5.90. The number of hydrogen-bond acceptors (Lipinski definition) is 2. The lowest BCUT2D eigenvalue weighted by Crippen LogP contribution is -1.84. The Hall–Kier alpha value is -1.96. The Labute approximate surface area is 81.2 Å². The maximum atomic E-state index is 4.47. The van der Waals surface area contributed by atoms with E-state index in [9.17, 15) is 0 Å². The van der Waals surface area contributed by atoms with Crippen LogP contribution in [0.1, 0.15) is 0 Å². The molecule has 0 saturated carbocycles. The van der Waals surface area contributed by atoms with Gasteiger partial charge >= 0.3 is 0 Å². The zero-order valence-electron chi connectivity index (χ0n) is 7.51. The number of pyridine rings is 2. The zero-order chi connectivity index (χ0) is 9.38. The van der Waals surface area contributed by atoms with Crippen molar-refractivity contribution in [3.05, 3.63) is 48.7 Å². The second-order valence-corrected chi connectivity index (χ2v) is 3.23. The van der Waals surface area contributed by atoms with Gasteiger partial charge in [-0.3, -0.25) is 0 Å². The van der Waals surface area contributed by atoms with Crippen molar-refractivity contribution in [2.24, 2.45) is 0 Å². The van der Waals surface area contributed by atoms with Crippen LogP contribution in [0, 0.1) is 0 Å². The molecule has 2 heterocycles. The van der Waals surface area contributed by atoms with E-state index in [4.69, 9.17) is 0 Å². The van der Waals surface area contributed by atoms with Gasteiger partial charge in [-0.15, -0.1) is 0 Å². The molecule has 2 aromatic heterocycles. The molecular weight excluding hydrogens is 172 g/mol. The second-order valence-electron chi connectivity index (χ2n) is 3.23. The summed E-state index contributed by atoms with van der Waals surface area (Å²) in [7, 11) is 0. The fraction of sp³-hybridized carbons (Fsp3) is 0. The largest absolute Gasteiger partial charge is 0.237 e. The average molecular weight is 180 g/mol. The van der Waals surface area contributed by atoms with Gasteiger partial charge in [0, 0.05) is 17.0 Å². The molecule has 0 atom stereocenters. The summed E-state index contributed by atoms with van der Waals surface area (Å²) in [6.07, 6.45) is 1.77. The molecule has 0 radical (unpaired) electrons. The molecule has 0 fully saturated rings. The van der Waals surface area contributed by atoms with Gasteiger partial charge in [-0.05, 0) is 24.3 Å². The van der Waals surface area contributed by atoms with Crippen molar-refractivity contribution in [3.8, 4) is 0 Å². The van der Waals surface area contributed by atoms with E-state index in [1.807, 2.05) is 30.3 Å². The number of aromatic nitrogens is 2. The van der Waals surface area contributed by atoms with Crippen LogP contribution in [-0.2, 0) is 0 Å². The molecule has 66 valence electrons. The van der Waals surface area contributed by atoms with E-state index < -0.39 is 0 Å².